The van der Waals surface area contributed by atoms with Crippen molar-refractivity contribution in [1.82, 2.24) is 4.98 Å². The van der Waals surface area contributed by atoms with Crippen molar-refractivity contribution in [2.24, 2.45) is 0 Å². The lowest BCUT2D eigenvalue weighted by molar-refractivity contribution is -0.138. The molecule has 0 aromatic carbocycles. The molecule has 4 nitrogen and oxygen atoms in total. The second-order valence-corrected chi connectivity index (χ2v) is 4.13. The topological polar surface area (TPSA) is 51.2 Å². The van der Waals surface area contributed by atoms with Crippen LogP contribution in [0, 0.1) is 0 Å². The molecule has 1 aromatic heterocycles. The predicted molar refractivity (Wildman–Crippen MR) is 52.6 cm³/mol. The van der Waals surface area contributed by atoms with E-state index in [1.54, 1.807) is 0 Å². The summed E-state index contributed by atoms with van der Waals surface area (Å²) in [5.41, 5.74) is -2.12. The Kier molecular flexibility index (Phi) is 2.30. The maximum atomic E-state index is 12.4. The predicted octanol–water partition coefficient (Wildman–Crippen LogP) is 2.21. The monoisotopic (exact) mass is 246 g/mol. The third-order valence-corrected chi connectivity index (χ3v) is 2.32. The third kappa shape index (κ3) is 2.04. The summed E-state index contributed by atoms with van der Waals surface area (Å²) in [5, 5.41) is 2.39. The maximum Gasteiger partial charge on any atom is 0.418 e. The first-order valence-electron chi connectivity index (χ1n) is 4.78. The Morgan fingerprint density at radius 2 is 2.06 bits per heavy atom. The molecule has 0 saturated carbocycles. The zero-order chi connectivity index (χ0) is 12.8. The molecule has 17 heavy (non-hydrogen) atoms. The Hall–Kier alpha value is -1.79. The number of pyridine rings is 1. The van der Waals surface area contributed by atoms with Crippen molar-refractivity contribution in [3.63, 3.8) is 0 Å². The number of nitrogens with one attached hydrogen (secondary N) is 1. The SMILES string of the molecule is CC1(C)Oc2cc(C(F)(F)F)cnc2NC1=O. The van der Waals surface area contributed by atoms with E-state index >= 15 is 0 Å². The van der Waals surface area contributed by atoms with Gasteiger partial charge in [0.05, 0.1) is 5.56 Å². The summed E-state index contributed by atoms with van der Waals surface area (Å²) in [5.74, 6) is -0.524. The number of ether oxygens (including phenoxy) is 1. The second kappa shape index (κ2) is 3.35. The van der Waals surface area contributed by atoms with E-state index in [4.69, 9.17) is 4.74 Å². The van der Waals surface area contributed by atoms with E-state index < -0.39 is 23.2 Å². The van der Waals surface area contributed by atoms with Crippen LogP contribution in [-0.2, 0) is 11.0 Å². The summed E-state index contributed by atoms with van der Waals surface area (Å²) in [6.07, 6.45) is -3.84. The van der Waals surface area contributed by atoms with Gasteiger partial charge in [0, 0.05) is 6.20 Å². The Bertz CT molecular complexity index is 483. The van der Waals surface area contributed by atoms with Crippen molar-refractivity contribution >= 4 is 11.7 Å². The number of alkyl halides is 3. The minimum Gasteiger partial charge on any atom is -0.474 e. The normalized spacial score (nSPS) is 18.1. The molecule has 0 saturated heterocycles. The van der Waals surface area contributed by atoms with Crippen molar-refractivity contribution in [1.29, 1.82) is 0 Å². The molecule has 0 aliphatic carbocycles. The number of anilines is 1. The molecule has 2 rings (SSSR count). The molecule has 0 unspecified atom stereocenters. The van der Waals surface area contributed by atoms with Gasteiger partial charge < -0.3 is 10.1 Å². The van der Waals surface area contributed by atoms with Crippen LogP contribution in [0.1, 0.15) is 19.4 Å². The Morgan fingerprint density at radius 1 is 1.41 bits per heavy atom. The number of nitrogens with zero attached hydrogens (tertiary/aromatic N) is 1. The van der Waals surface area contributed by atoms with Gasteiger partial charge in [-0.05, 0) is 19.9 Å². The zero-order valence-electron chi connectivity index (χ0n) is 9.05. The standard InChI is InChI=1S/C10H9F3N2O2/c1-9(2)8(16)15-7-6(17-9)3-5(4-14-7)10(11,12)13/h3-4H,1-2H3,(H,14,15,16). The molecule has 0 radical (unpaired) electrons. The number of carbonyl (C=O) groups excluding carboxylic acids is 1. The van der Waals surface area contributed by atoms with Gasteiger partial charge in [-0.15, -0.1) is 0 Å². The number of rotatable bonds is 0. The lowest BCUT2D eigenvalue weighted by Crippen LogP contribution is -2.46. The van der Waals surface area contributed by atoms with Crippen LogP contribution in [0.5, 0.6) is 5.75 Å². The highest BCUT2D eigenvalue weighted by Crippen LogP contribution is 2.37. The van der Waals surface area contributed by atoms with Crippen molar-refractivity contribution < 1.29 is 22.7 Å². The van der Waals surface area contributed by atoms with Crippen LogP contribution in [0.2, 0.25) is 0 Å². The van der Waals surface area contributed by atoms with Gasteiger partial charge in [0.2, 0.25) is 0 Å². The number of amides is 1. The number of carbonyl (C=O) groups is 1. The number of halogens is 3. The van der Waals surface area contributed by atoms with Crippen molar-refractivity contribution in [3.05, 3.63) is 17.8 Å². The van der Waals surface area contributed by atoms with E-state index in [-0.39, 0.29) is 11.6 Å². The van der Waals surface area contributed by atoms with Crippen molar-refractivity contribution in [2.45, 2.75) is 25.6 Å². The smallest absolute Gasteiger partial charge is 0.418 e. The second-order valence-electron chi connectivity index (χ2n) is 4.13. The molecule has 1 amide bonds. The average molecular weight is 246 g/mol. The number of fused-ring (bicyclic) bond motifs is 1. The van der Waals surface area contributed by atoms with Crippen LogP contribution >= 0.6 is 0 Å². The quantitative estimate of drug-likeness (QED) is 0.763. The van der Waals surface area contributed by atoms with Crippen LogP contribution in [0.3, 0.4) is 0 Å². The van der Waals surface area contributed by atoms with E-state index in [9.17, 15) is 18.0 Å². The molecular weight excluding hydrogens is 237 g/mol. The van der Waals surface area contributed by atoms with Gasteiger partial charge in [-0.2, -0.15) is 13.2 Å². The van der Waals surface area contributed by atoms with Gasteiger partial charge in [-0.25, -0.2) is 4.98 Å². The van der Waals surface area contributed by atoms with E-state index in [1.165, 1.54) is 13.8 Å². The Morgan fingerprint density at radius 3 is 2.65 bits per heavy atom. The molecular formula is C10H9F3N2O2. The first kappa shape index (κ1) is 11.7. The van der Waals surface area contributed by atoms with Gasteiger partial charge in [-0.1, -0.05) is 0 Å². The fraction of sp³-hybridized carbons (Fsp3) is 0.400. The van der Waals surface area contributed by atoms with Crippen LogP contribution in [-0.4, -0.2) is 16.5 Å². The Balaban J connectivity index is 2.45. The molecule has 0 bridgehead atoms. The first-order valence-corrected chi connectivity index (χ1v) is 4.78. The van der Waals surface area contributed by atoms with E-state index in [0.717, 1.165) is 6.07 Å². The lowest BCUT2D eigenvalue weighted by Gasteiger charge is -2.31. The molecule has 0 atom stereocenters. The van der Waals surface area contributed by atoms with Crippen LogP contribution in [0.25, 0.3) is 0 Å². The highest BCUT2D eigenvalue weighted by Gasteiger charge is 2.38. The van der Waals surface area contributed by atoms with E-state index in [1.807, 2.05) is 0 Å². The van der Waals surface area contributed by atoms with Crippen molar-refractivity contribution in [2.75, 3.05) is 5.32 Å². The summed E-state index contributed by atoms with van der Waals surface area (Å²) in [4.78, 5) is 15.0. The van der Waals surface area contributed by atoms with E-state index in [0.29, 0.717) is 6.20 Å². The van der Waals surface area contributed by atoms with Gasteiger partial charge >= 0.3 is 6.18 Å². The minimum atomic E-state index is -4.49. The molecule has 7 heteroatoms. The molecule has 0 fully saturated rings. The fourth-order valence-corrected chi connectivity index (χ4v) is 1.35. The summed E-state index contributed by atoms with van der Waals surface area (Å²) in [6, 6.07) is 0.823. The fourth-order valence-electron chi connectivity index (χ4n) is 1.35. The number of hydrogen-bond donors (Lipinski definition) is 1. The number of aromatic nitrogens is 1. The average Bonchev–Trinajstić information content (AvgIpc) is 2.17. The lowest BCUT2D eigenvalue weighted by atomic mass is 10.1. The zero-order valence-corrected chi connectivity index (χ0v) is 9.05. The van der Waals surface area contributed by atoms with Gasteiger partial charge in [-0.3, -0.25) is 4.79 Å². The maximum absolute atomic E-state index is 12.4. The molecule has 1 aliphatic heterocycles. The van der Waals surface area contributed by atoms with Crippen LogP contribution in [0.15, 0.2) is 12.3 Å². The summed E-state index contributed by atoms with van der Waals surface area (Å²) >= 11 is 0. The number of hydrogen-bond acceptors (Lipinski definition) is 3. The van der Waals surface area contributed by atoms with Gasteiger partial charge in [0.1, 0.15) is 0 Å². The molecule has 2 heterocycles. The third-order valence-electron chi connectivity index (χ3n) is 2.32. The molecule has 1 aromatic rings. The summed E-state index contributed by atoms with van der Waals surface area (Å²) < 4.78 is 42.5. The summed E-state index contributed by atoms with van der Waals surface area (Å²) in [6.45, 7) is 2.93. The van der Waals surface area contributed by atoms with Crippen LogP contribution in [0.4, 0.5) is 19.0 Å². The first-order chi connectivity index (χ1) is 7.70. The highest BCUT2D eigenvalue weighted by molar-refractivity contribution is 5.99. The van der Waals surface area contributed by atoms with Crippen molar-refractivity contribution in [3.8, 4) is 5.75 Å². The largest absolute Gasteiger partial charge is 0.474 e. The minimum absolute atomic E-state index is 0.00215. The molecule has 1 N–H and O–H groups in total. The highest BCUT2D eigenvalue weighted by atomic mass is 19.4. The van der Waals surface area contributed by atoms with Crippen LogP contribution < -0.4 is 10.1 Å². The van der Waals surface area contributed by atoms with Gasteiger partial charge in [0.25, 0.3) is 5.91 Å². The molecule has 92 valence electrons. The molecule has 1 aliphatic rings. The van der Waals surface area contributed by atoms with E-state index in [2.05, 4.69) is 10.3 Å². The molecule has 0 spiro atoms. The Labute approximate surface area is 94.8 Å². The van der Waals surface area contributed by atoms with Gasteiger partial charge in [0.15, 0.2) is 17.2 Å². The summed E-state index contributed by atoms with van der Waals surface area (Å²) in [7, 11) is 0.